The third-order valence-electron chi connectivity index (χ3n) is 5.30. The summed E-state index contributed by atoms with van der Waals surface area (Å²) in [6.07, 6.45) is 3.78. The van der Waals surface area contributed by atoms with Gasteiger partial charge in [-0.25, -0.2) is 37.2 Å². The van der Waals surface area contributed by atoms with Crippen molar-refractivity contribution in [1.82, 2.24) is 14.8 Å². The first-order valence-electron chi connectivity index (χ1n) is 10.3. The smallest absolute Gasteiger partial charge is 0.344 e. The van der Waals surface area contributed by atoms with E-state index in [0.717, 1.165) is 23.0 Å². The molecule has 2 aromatic rings. The predicted octanol–water partition coefficient (Wildman–Crippen LogP) is 2.18. The molecule has 166 valence electrons. The van der Waals surface area contributed by atoms with Gasteiger partial charge in [0.1, 0.15) is 0 Å². The van der Waals surface area contributed by atoms with E-state index in [2.05, 4.69) is 10.2 Å². The molecule has 8 nitrogen and oxygen atoms in total. The number of nitrogens with one attached hydrogen (secondary N) is 2. The van der Waals surface area contributed by atoms with Gasteiger partial charge < -0.3 is 4.74 Å². The first-order valence-corrected chi connectivity index (χ1v) is 12.1. The summed E-state index contributed by atoms with van der Waals surface area (Å²) in [6, 6.07) is 4.53. The summed E-state index contributed by atoms with van der Waals surface area (Å²) in [5.74, 6) is -0.0380. The molecule has 1 aliphatic rings. The van der Waals surface area contributed by atoms with Gasteiger partial charge in [0.05, 0.1) is 18.1 Å². The minimum absolute atomic E-state index is 0.0297. The molecule has 0 saturated heterocycles. The third kappa shape index (κ3) is 6.32. The average Bonchev–Trinajstić information content (AvgIpc) is 3.46. The quantitative estimate of drug-likeness (QED) is 0.490. The number of benzene rings is 1. The lowest BCUT2D eigenvalue weighted by atomic mass is 10.0. The molecule has 30 heavy (non-hydrogen) atoms. The molecule has 10 heteroatoms. The molecule has 1 aromatic heterocycles. The molecule has 0 aliphatic heterocycles. The summed E-state index contributed by atoms with van der Waals surface area (Å²) in [7, 11) is -3.30. The Labute approximate surface area is 174 Å². The lowest BCUT2D eigenvalue weighted by Crippen LogP contribution is -2.26. The van der Waals surface area contributed by atoms with Crippen molar-refractivity contribution in [2.75, 3.05) is 18.1 Å². The number of halogens is 1. The summed E-state index contributed by atoms with van der Waals surface area (Å²) >= 11 is 0. The predicted molar refractivity (Wildman–Crippen MR) is 111 cm³/mol. The summed E-state index contributed by atoms with van der Waals surface area (Å²) in [6.45, 7) is 2.54. The minimum atomic E-state index is -3.30. The van der Waals surface area contributed by atoms with Crippen LogP contribution in [0.2, 0.25) is 0 Å². The van der Waals surface area contributed by atoms with Crippen molar-refractivity contribution in [3.8, 4) is 5.75 Å². The van der Waals surface area contributed by atoms with Crippen LogP contribution in [0, 0.1) is 11.7 Å². The fourth-order valence-corrected chi connectivity index (χ4v) is 5.06. The van der Waals surface area contributed by atoms with Gasteiger partial charge in [-0.15, -0.1) is 0 Å². The van der Waals surface area contributed by atoms with Crippen LogP contribution >= 0.6 is 0 Å². The molecule has 0 radical (unpaired) electrons. The fourth-order valence-electron chi connectivity index (χ4n) is 3.30. The zero-order valence-corrected chi connectivity index (χ0v) is 17.8. The van der Waals surface area contributed by atoms with Crippen molar-refractivity contribution < 1.29 is 17.5 Å². The molecule has 1 aliphatic carbocycles. The second-order valence-corrected chi connectivity index (χ2v) is 10.3. The van der Waals surface area contributed by atoms with E-state index in [9.17, 15) is 22.4 Å². The Morgan fingerprint density at radius 1 is 1.17 bits per heavy atom. The number of sulfone groups is 1. The number of aromatic amines is 2. The van der Waals surface area contributed by atoms with Crippen molar-refractivity contribution >= 4 is 9.84 Å². The van der Waals surface area contributed by atoms with Gasteiger partial charge in [-0.05, 0) is 55.2 Å². The second-order valence-electron chi connectivity index (χ2n) is 8.03. The molecule has 0 amide bonds. The van der Waals surface area contributed by atoms with Crippen LogP contribution in [0.25, 0.3) is 0 Å². The molecule has 0 bridgehead atoms. The van der Waals surface area contributed by atoms with E-state index < -0.39 is 27.0 Å². The van der Waals surface area contributed by atoms with Gasteiger partial charge in [-0.1, -0.05) is 19.4 Å². The van der Waals surface area contributed by atoms with Crippen molar-refractivity contribution in [2.24, 2.45) is 5.92 Å². The number of rotatable bonds is 12. The molecule has 2 N–H and O–H groups in total. The van der Waals surface area contributed by atoms with Crippen LogP contribution in [0.5, 0.6) is 5.75 Å². The number of hydrogen-bond acceptors (Lipinski definition) is 5. The Morgan fingerprint density at radius 3 is 2.53 bits per heavy atom. The molecular weight excluding hydrogens is 413 g/mol. The molecule has 1 atom stereocenters. The van der Waals surface area contributed by atoms with Gasteiger partial charge in [0, 0.05) is 6.54 Å². The molecule has 1 aromatic carbocycles. The highest BCUT2D eigenvalue weighted by Gasteiger charge is 2.23. The molecule has 0 unspecified atom stereocenters. The van der Waals surface area contributed by atoms with Gasteiger partial charge >= 0.3 is 11.4 Å². The minimum Gasteiger partial charge on any atom is -0.490 e. The van der Waals surface area contributed by atoms with E-state index in [1.54, 1.807) is 19.1 Å². The fraction of sp³-hybridized carbons (Fsp3) is 0.600. The maximum atomic E-state index is 13.9. The Kier molecular flexibility index (Phi) is 7.17. The van der Waals surface area contributed by atoms with Gasteiger partial charge in [0.2, 0.25) is 0 Å². The first kappa shape index (κ1) is 22.3. The highest BCUT2D eigenvalue weighted by Crippen LogP contribution is 2.31. The van der Waals surface area contributed by atoms with Gasteiger partial charge in [0.15, 0.2) is 21.4 Å². The second kappa shape index (κ2) is 9.63. The average molecular weight is 442 g/mol. The topological polar surface area (TPSA) is 114 Å². The van der Waals surface area contributed by atoms with Crippen molar-refractivity contribution in [2.45, 2.75) is 51.5 Å². The van der Waals surface area contributed by atoms with Crippen molar-refractivity contribution in [1.29, 1.82) is 0 Å². The lowest BCUT2D eigenvalue weighted by Gasteiger charge is -2.15. The summed E-state index contributed by atoms with van der Waals surface area (Å²) in [5, 5.41) is 4.41. The van der Waals surface area contributed by atoms with Gasteiger partial charge in [-0.3, -0.25) is 0 Å². The van der Waals surface area contributed by atoms with E-state index in [-0.39, 0.29) is 29.7 Å². The normalized spacial score (nSPS) is 15.3. The Hall–Kier alpha value is -2.36. The van der Waals surface area contributed by atoms with E-state index >= 15 is 0 Å². The number of hydrogen-bond donors (Lipinski definition) is 2. The van der Waals surface area contributed by atoms with Crippen LogP contribution in [-0.4, -0.2) is 41.3 Å². The first-order chi connectivity index (χ1) is 14.2. The van der Waals surface area contributed by atoms with Crippen molar-refractivity contribution in [3.05, 3.63) is 50.5 Å². The van der Waals surface area contributed by atoms with Crippen molar-refractivity contribution in [3.63, 3.8) is 0 Å². The van der Waals surface area contributed by atoms with Crippen LogP contribution in [0.4, 0.5) is 4.39 Å². The number of ether oxygens (including phenoxy) is 1. The molecular formula is C20H28FN3O5S. The highest BCUT2D eigenvalue weighted by molar-refractivity contribution is 7.91. The molecule has 1 saturated carbocycles. The Morgan fingerprint density at radius 2 is 1.87 bits per heavy atom. The molecule has 1 fully saturated rings. The van der Waals surface area contributed by atoms with E-state index in [4.69, 9.17) is 4.74 Å². The summed E-state index contributed by atoms with van der Waals surface area (Å²) in [4.78, 5) is 22.8. The summed E-state index contributed by atoms with van der Waals surface area (Å²) in [5.41, 5.74) is -0.265. The van der Waals surface area contributed by atoms with E-state index in [1.165, 1.54) is 6.07 Å². The standard InChI is InChI=1S/C20H28FN3O5S/c1-14(16-7-8-17(21)18(11-16)29-12-15-5-6-15)13-30(27,28)10-4-2-3-9-24-19(25)22-23-20(24)26/h7-8,11,14-15H,2-6,9-10,12-13H2,1H3,(H,22,25)(H,23,26)/t14-/m0/s1. The molecule has 3 rings (SSSR count). The Bertz CT molecular complexity index is 1040. The Balaban J connectivity index is 1.46. The SMILES string of the molecule is C[C@@H](CS(=O)(=O)CCCCCn1c(=O)[nH][nH]c1=O)c1ccc(F)c(OCC2CC2)c1. The van der Waals surface area contributed by atoms with Crippen LogP contribution < -0.4 is 16.1 Å². The van der Waals surface area contributed by atoms with E-state index in [0.29, 0.717) is 31.8 Å². The third-order valence-corrected chi connectivity index (χ3v) is 7.22. The largest absolute Gasteiger partial charge is 0.490 e. The maximum absolute atomic E-state index is 13.9. The van der Waals surface area contributed by atoms with Crippen LogP contribution in [0.1, 0.15) is 50.5 Å². The lowest BCUT2D eigenvalue weighted by molar-refractivity contribution is 0.285. The number of aromatic nitrogens is 3. The monoisotopic (exact) mass is 441 g/mol. The maximum Gasteiger partial charge on any atom is 0.344 e. The number of H-pyrrole nitrogens is 2. The number of nitrogens with zero attached hydrogens (tertiary/aromatic N) is 1. The molecule has 0 spiro atoms. The van der Waals surface area contributed by atoms with Gasteiger partial charge in [-0.2, -0.15) is 0 Å². The number of unbranched alkanes of at least 4 members (excludes halogenated alkanes) is 2. The van der Waals surface area contributed by atoms with Crippen LogP contribution in [0.3, 0.4) is 0 Å². The zero-order valence-electron chi connectivity index (χ0n) is 17.0. The van der Waals surface area contributed by atoms with Crippen LogP contribution in [-0.2, 0) is 16.4 Å². The zero-order chi connectivity index (χ0) is 21.7. The summed E-state index contributed by atoms with van der Waals surface area (Å²) < 4.78 is 45.5. The van der Waals surface area contributed by atoms with Crippen LogP contribution in [0.15, 0.2) is 27.8 Å². The van der Waals surface area contributed by atoms with E-state index in [1.807, 2.05) is 0 Å². The van der Waals surface area contributed by atoms with Gasteiger partial charge in [0.25, 0.3) is 0 Å². The highest BCUT2D eigenvalue weighted by atomic mass is 32.2. The molecule has 1 heterocycles.